The molecule has 2 aromatic heterocycles. The van der Waals surface area contributed by atoms with Gasteiger partial charge in [0, 0.05) is 32.9 Å². The first-order chi connectivity index (χ1) is 27.1. The lowest BCUT2D eigenvalue weighted by molar-refractivity contribution is 0.667. The lowest BCUT2D eigenvalue weighted by atomic mass is 9.73. The Balaban J connectivity index is 1.17. The summed E-state index contributed by atoms with van der Waals surface area (Å²) in [5, 5.41) is 4.68. The number of furan rings is 1. The Kier molecular flexibility index (Phi) is 6.95. The molecule has 0 saturated carbocycles. The molecule has 4 nitrogen and oxygen atoms in total. The SMILES string of the molecule is CC1(c2ccccc2)c2cccc(-c3nc(-c4ccccc4)nc(-c4cccc(-c5cccc6ccccc56)c4)n3)c2-c2ccc3oc4ccccc4c3c21. The zero-order valence-electron chi connectivity index (χ0n) is 30.1. The lowest BCUT2D eigenvalue weighted by Gasteiger charge is -2.29. The van der Waals surface area contributed by atoms with E-state index in [9.17, 15) is 0 Å². The quantitative estimate of drug-likeness (QED) is 0.179. The van der Waals surface area contributed by atoms with Gasteiger partial charge in [0.1, 0.15) is 11.2 Å². The van der Waals surface area contributed by atoms with E-state index in [2.05, 4.69) is 165 Å². The maximum Gasteiger partial charge on any atom is 0.164 e. The van der Waals surface area contributed by atoms with Crippen LogP contribution in [0.25, 0.3) is 89.1 Å². The lowest BCUT2D eigenvalue weighted by Crippen LogP contribution is -2.22. The minimum atomic E-state index is -0.473. The van der Waals surface area contributed by atoms with E-state index in [1.165, 1.54) is 33.0 Å². The van der Waals surface area contributed by atoms with Crippen molar-refractivity contribution in [3.8, 4) is 56.4 Å². The van der Waals surface area contributed by atoms with Crippen LogP contribution < -0.4 is 0 Å². The third-order valence-electron chi connectivity index (χ3n) is 11.4. The molecule has 0 N–H and O–H groups in total. The normalized spacial score (nSPS) is 14.7. The maximum absolute atomic E-state index is 6.48. The Morgan fingerprint density at radius 2 is 1.05 bits per heavy atom. The fourth-order valence-corrected chi connectivity index (χ4v) is 8.84. The molecule has 2 heterocycles. The summed E-state index contributed by atoms with van der Waals surface area (Å²) in [5.41, 5.74) is 12.4. The molecule has 1 unspecified atom stereocenters. The Hall–Kier alpha value is -7.17. The molecule has 0 radical (unpaired) electrons. The van der Waals surface area contributed by atoms with E-state index in [1.807, 2.05) is 24.3 Å². The highest BCUT2D eigenvalue weighted by molar-refractivity contribution is 6.12. The number of aromatic nitrogens is 3. The van der Waals surface area contributed by atoms with Crippen molar-refractivity contribution in [1.82, 2.24) is 15.0 Å². The van der Waals surface area contributed by atoms with Crippen LogP contribution in [0.2, 0.25) is 0 Å². The first-order valence-corrected chi connectivity index (χ1v) is 18.7. The summed E-state index contributed by atoms with van der Waals surface area (Å²) >= 11 is 0. The van der Waals surface area contributed by atoms with Crippen molar-refractivity contribution < 1.29 is 4.42 Å². The number of rotatable bonds is 5. The van der Waals surface area contributed by atoms with Gasteiger partial charge in [-0.05, 0) is 74.8 Å². The fraction of sp³-hybridized carbons (Fsp3) is 0.0392. The number of hydrogen-bond acceptors (Lipinski definition) is 4. The third-order valence-corrected chi connectivity index (χ3v) is 11.4. The van der Waals surface area contributed by atoms with Gasteiger partial charge in [-0.1, -0.05) is 164 Å². The second-order valence-electron chi connectivity index (χ2n) is 14.5. The van der Waals surface area contributed by atoms with Crippen molar-refractivity contribution in [3.63, 3.8) is 0 Å². The summed E-state index contributed by atoms with van der Waals surface area (Å²) in [6, 6.07) is 63.9. The summed E-state index contributed by atoms with van der Waals surface area (Å²) < 4.78 is 6.48. The van der Waals surface area contributed by atoms with Crippen molar-refractivity contribution >= 4 is 32.7 Å². The fourth-order valence-electron chi connectivity index (χ4n) is 8.84. The average molecular weight is 704 g/mol. The van der Waals surface area contributed by atoms with Crippen LogP contribution in [-0.4, -0.2) is 15.0 Å². The predicted octanol–water partition coefficient (Wildman–Crippen LogP) is 12.9. The smallest absolute Gasteiger partial charge is 0.164 e. The van der Waals surface area contributed by atoms with Crippen molar-refractivity contribution in [2.45, 2.75) is 12.3 Å². The molecule has 1 aliphatic carbocycles. The Morgan fingerprint density at radius 3 is 1.91 bits per heavy atom. The number of fused-ring (bicyclic) bond motifs is 8. The van der Waals surface area contributed by atoms with E-state index in [1.54, 1.807) is 0 Å². The molecular formula is C51H33N3O. The minimum Gasteiger partial charge on any atom is -0.456 e. The number of para-hydroxylation sites is 1. The average Bonchev–Trinajstić information content (AvgIpc) is 3.77. The molecule has 0 amide bonds. The molecule has 55 heavy (non-hydrogen) atoms. The van der Waals surface area contributed by atoms with Gasteiger partial charge in [-0.3, -0.25) is 0 Å². The largest absolute Gasteiger partial charge is 0.456 e. The van der Waals surface area contributed by atoms with Crippen LogP contribution in [0.1, 0.15) is 23.6 Å². The number of hydrogen-bond donors (Lipinski definition) is 0. The molecule has 0 saturated heterocycles. The maximum atomic E-state index is 6.48. The summed E-state index contributed by atoms with van der Waals surface area (Å²) in [5.74, 6) is 1.90. The van der Waals surface area contributed by atoms with Gasteiger partial charge in [0.2, 0.25) is 0 Å². The Bertz CT molecular complexity index is 3110. The highest BCUT2D eigenvalue weighted by atomic mass is 16.3. The molecule has 0 aliphatic heterocycles. The molecule has 258 valence electrons. The first-order valence-electron chi connectivity index (χ1n) is 18.7. The Morgan fingerprint density at radius 1 is 0.436 bits per heavy atom. The van der Waals surface area contributed by atoms with Gasteiger partial charge in [0.15, 0.2) is 17.5 Å². The van der Waals surface area contributed by atoms with Gasteiger partial charge in [0.25, 0.3) is 0 Å². The zero-order chi connectivity index (χ0) is 36.5. The van der Waals surface area contributed by atoms with Crippen LogP contribution in [0.15, 0.2) is 186 Å². The highest BCUT2D eigenvalue weighted by Gasteiger charge is 2.44. The van der Waals surface area contributed by atoms with Gasteiger partial charge in [-0.15, -0.1) is 0 Å². The molecular weight excluding hydrogens is 671 g/mol. The van der Waals surface area contributed by atoms with E-state index in [4.69, 9.17) is 19.4 Å². The van der Waals surface area contributed by atoms with Crippen molar-refractivity contribution in [3.05, 3.63) is 199 Å². The zero-order valence-corrected chi connectivity index (χ0v) is 30.1. The molecule has 8 aromatic carbocycles. The van der Waals surface area contributed by atoms with Crippen LogP contribution in [0, 0.1) is 0 Å². The van der Waals surface area contributed by atoms with Crippen molar-refractivity contribution in [1.29, 1.82) is 0 Å². The summed E-state index contributed by atoms with van der Waals surface area (Å²) in [6.45, 7) is 2.35. The van der Waals surface area contributed by atoms with Gasteiger partial charge in [0.05, 0.1) is 0 Å². The van der Waals surface area contributed by atoms with Crippen LogP contribution in [0.4, 0.5) is 0 Å². The van der Waals surface area contributed by atoms with Crippen LogP contribution >= 0.6 is 0 Å². The molecule has 4 heteroatoms. The standard InChI is InChI=1S/C51H33N3O/c1-51(36-21-6-3-7-22-36)42-27-14-26-41(45(42)40-29-30-44-46(47(40)51)39-24-10-11-28-43(39)55-44)50-53-48(33-16-4-2-5-17-33)52-49(54-50)35-20-12-19-34(31-35)38-25-13-18-32-15-8-9-23-37(32)38/h2-31H,1H3. The predicted molar refractivity (Wildman–Crippen MR) is 224 cm³/mol. The van der Waals surface area contributed by atoms with E-state index < -0.39 is 5.41 Å². The Labute approximate surface area is 318 Å². The highest BCUT2D eigenvalue weighted by Crippen LogP contribution is 2.58. The summed E-state index contributed by atoms with van der Waals surface area (Å²) in [4.78, 5) is 15.7. The second kappa shape index (κ2) is 12.2. The molecule has 0 bridgehead atoms. The van der Waals surface area contributed by atoms with Crippen LogP contribution in [0.5, 0.6) is 0 Å². The van der Waals surface area contributed by atoms with Crippen LogP contribution in [0.3, 0.4) is 0 Å². The topological polar surface area (TPSA) is 51.8 Å². The first kappa shape index (κ1) is 31.4. The van der Waals surface area contributed by atoms with Gasteiger partial charge in [-0.25, -0.2) is 15.0 Å². The van der Waals surface area contributed by atoms with Gasteiger partial charge in [-0.2, -0.15) is 0 Å². The van der Waals surface area contributed by atoms with Crippen molar-refractivity contribution in [2.24, 2.45) is 0 Å². The molecule has 1 aliphatic rings. The molecule has 0 fully saturated rings. The molecule has 11 rings (SSSR count). The minimum absolute atomic E-state index is 0.473. The van der Waals surface area contributed by atoms with Gasteiger partial charge < -0.3 is 4.42 Å². The molecule has 10 aromatic rings. The van der Waals surface area contributed by atoms with E-state index in [-0.39, 0.29) is 0 Å². The summed E-state index contributed by atoms with van der Waals surface area (Å²) in [7, 11) is 0. The van der Waals surface area contributed by atoms with Crippen LogP contribution in [-0.2, 0) is 5.41 Å². The molecule has 1 atom stereocenters. The summed E-state index contributed by atoms with van der Waals surface area (Å²) in [6.07, 6.45) is 0. The van der Waals surface area contributed by atoms with Crippen molar-refractivity contribution in [2.75, 3.05) is 0 Å². The molecule has 0 spiro atoms. The van der Waals surface area contributed by atoms with Gasteiger partial charge >= 0.3 is 0 Å². The number of benzene rings is 8. The van der Waals surface area contributed by atoms with E-state index in [0.29, 0.717) is 17.5 Å². The third kappa shape index (κ3) is 4.81. The second-order valence-corrected chi connectivity index (χ2v) is 14.5. The number of nitrogens with zero attached hydrogens (tertiary/aromatic N) is 3. The van der Waals surface area contributed by atoms with E-state index in [0.717, 1.165) is 55.3 Å². The monoisotopic (exact) mass is 703 g/mol. The van der Waals surface area contributed by atoms with E-state index >= 15 is 0 Å².